The number of aromatic amines is 1. The molecule has 1 atom stereocenters. The maximum Gasteiger partial charge on any atom is 0.285 e. The van der Waals surface area contributed by atoms with Gasteiger partial charge in [0.15, 0.2) is 11.5 Å². The van der Waals surface area contributed by atoms with Crippen molar-refractivity contribution in [3.8, 4) is 0 Å². The van der Waals surface area contributed by atoms with E-state index in [1.165, 1.54) is 22.9 Å². The lowest BCUT2D eigenvalue weighted by molar-refractivity contribution is 0.0977. The molecule has 1 amide bonds. The Bertz CT molecular complexity index is 1850. The number of nitrogens with one attached hydrogen (secondary N) is 3. The number of carbonyl (C=O) groups excluding carboxylic acids is 1. The average molecular weight is 617 g/mol. The number of pyridine rings is 1. The molecule has 0 unspecified atom stereocenters. The van der Waals surface area contributed by atoms with Gasteiger partial charge in [0.05, 0.1) is 40.8 Å². The number of amides is 1. The summed E-state index contributed by atoms with van der Waals surface area (Å²) in [6.07, 6.45) is 3.36. The molecule has 0 aliphatic carbocycles. The maximum atomic E-state index is 14.1. The first-order chi connectivity index (χ1) is 19.8. The molecule has 3 N–H and O–H groups in total. The summed E-state index contributed by atoms with van der Waals surface area (Å²) in [4.78, 5) is 37.3. The van der Waals surface area contributed by atoms with E-state index in [1.807, 2.05) is 29.5 Å². The minimum atomic E-state index is -3.84. The largest absolute Gasteiger partial charge is 0.377 e. The number of halogens is 2. The lowest BCUT2D eigenvalue weighted by atomic mass is 9.93. The van der Waals surface area contributed by atoms with Gasteiger partial charge in [-0.05, 0) is 50.5 Å². The molecule has 12 nitrogen and oxygen atoms in total. The quantitative estimate of drug-likeness (QED) is 0.265. The van der Waals surface area contributed by atoms with Crippen molar-refractivity contribution in [2.75, 3.05) is 29.6 Å². The molecule has 222 valence electrons. The van der Waals surface area contributed by atoms with E-state index in [9.17, 15) is 22.4 Å². The first-order valence-corrected chi connectivity index (χ1v) is 15.5. The number of fused-ring (bicyclic) bond motifs is 1. The number of sulfonamides is 1. The van der Waals surface area contributed by atoms with Gasteiger partial charge in [0.1, 0.15) is 5.15 Å². The molecule has 1 fully saturated rings. The Balaban J connectivity index is 1.49. The van der Waals surface area contributed by atoms with Gasteiger partial charge in [0, 0.05) is 31.6 Å². The normalized spacial score (nSPS) is 15.1. The van der Waals surface area contributed by atoms with Crippen LogP contribution in [0, 0.1) is 12.7 Å². The monoisotopic (exact) mass is 616 g/mol. The van der Waals surface area contributed by atoms with Crippen LogP contribution in [0.2, 0.25) is 5.15 Å². The molecule has 0 bridgehead atoms. The van der Waals surface area contributed by atoms with Gasteiger partial charge < -0.3 is 10.2 Å². The standard InChI is InChI=1S/C27H30ClFN8O4S/c1-14-11-17(15(2)31-20-5-6-21(28)32-24(20)25(38)35-42(4,40)41)23-18(12-14)26(39)36(3)27(33-23)37-9-7-16(8-10-37)22-19(29)13-30-34-22/h5-6,11-13,15-16,31H,7-10H2,1-4H3,(H,30,34)(H,35,38)/t15-/m1/s1. The van der Waals surface area contributed by atoms with Crippen molar-refractivity contribution in [3.63, 3.8) is 0 Å². The van der Waals surface area contributed by atoms with Crippen molar-refractivity contribution in [1.29, 1.82) is 0 Å². The van der Waals surface area contributed by atoms with Crippen LogP contribution < -0.4 is 20.5 Å². The van der Waals surface area contributed by atoms with Gasteiger partial charge in [0.25, 0.3) is 11.5 Å². The summed E-state index contributed by atoms with van der Waals surface area (Å²) in [7, 11) is -2.16. The van der Waals surface area contributed by atoms with E-state index in [4.69, 9.17) is 16.6 Å². The number of rotatable bonds is 7. The summed E-state index contributed by atoms with van der Waals surface area (Å²) in [5.74, 6) is -0.795. The van der Waals surface area contributed by atoms with E-state index in [1.54, 1.807) is 13.1 Å². The number of hydrogen-bond acceptors (Lipinski definition) is 9. The Hall–Kier alpha value is -4.04. The van der Waals surface area contributed by atoms with Gasteiger partial charge in [0.2, 0.25) is 16.0 Å². The van der Waals surface area contributed by atoms with E-state index in [0.717, 1.165) is 11.8 Å². The van der Waals surface area contributed by atoms with Gasteiger partial charge in [-0.1, -0.05) is 17.7 Å². The molecule has 1 aliphatic heterocycles. The molecule has 42 heavy (non-hydrogen) atoms. The van der Waals surface area contributed by atoms with E-state index < -0.39 is 22.0 Å². The average Bonchev–Trinajstić information content (AvgIpc) is 3.36. The maximum absolute atomic E-state index is 14.1. The van der Waals surface area contributed by atoms with Crippen LogP contribution in [-0.2, 0) is 17.1 Å². The summed E-state index contributed by atoms with van der Waals surface area (Å²) in [5.41, 5.74) is 2.36. The number of H-pyrrole nitrogens is 1. The second-order valence-electron chi connectivity index (χ2n) is 10.5. The molecular weight excluding hydrogens is 587 g/mol. The fourth-order valence-electron chi connectivity index (χ4n) is 5.34. The SMILES string of the molecule is Cc1cc([C@@H](C)Nc2ccc(Cl)nc2C(=O)NS(C)(=O)=O)c2nc(N3CCC(c4[nH]ncc4F)CC3)n(C)c(=O)c2c1. The van der Waals surface area contributed by atoms with Crippen LogP contribution in [-0.4, -0.2) is 58.4 Å². The predicted octanol–water partition coefficient (Wildman–Crippen LogP) is 3.40. The van der Waals surface area contributed by atoms with Crippen molar-refractivity contribution < 1.29 is 17.6 Å². The lowest BCUT2D eigenvalue weighted by Crippen LogP contribution is -2.38. The van der Waals surface area contributed by atoms with Gasteiger partial charge in [-0.2, -0.15) is 5.10 Å². The van der Waals surface area contributed by atoms with Gasteiger partial charge in [-0.15, -0.1) is 0 Å². The minimum Gasteiger partial charge on any atom is -0.377 e. The highest BCUT2D eigenvalue weighted by atomic mass is 35.5. The van der Waals surface area contributed by atoms with Gasteiger partial charge in [-0.25, -0.2) is 27.5 Å². The zero-order chi connectivity index (χ0) is 30.3. The molecule has 3 aromatic heterocycles. The molecule has 5 rings (SSSR count). The third kappa shape index (κ3) is 5.95. The molecule has 1 aliphatic rings. The summed E-state index contributed by atoms with van der Waals surface area (Å²) >= 11 is 6.01. The van der Waals surface area contributed by atoms with E-state index in [0.29, 0.717) is 54.0 Å². The number of aryl methyl sites for hydroxylation is 1. The number of piperidine rings is 1. The van der Waals surface area contributed by atoms with Crippen LogP contribution in [0.15, 0.2) is 35.3 Å². The smallest absolute Gasteiger partial charge is 0.285 e. The highest BCUT2D eigenvalue weighted by molar-refractivity contribution is 7.89. The summed E-state index contributed by atoms with van der Waals surface area (Å²) in [6, 6.07) is 6.22. The Morgan fingerprint density at radius 2 is 1.93 bits per heavy atom. The molecule has 1 saturated heterocycles. The Morgan fingerprint density at radius 1 is 1.21 bits per heavy atom. The number of benzene rings is 1. The zero-order valence-corrected chi connectivity index (χ0v) is 25.0. The number of nitrogens with zero attached hydrogens (tertiary/aromatic N) is 5. The predicted molar refractivity (Wildman–Crippen MR) is 158 cm³/mol. The van der Waals surface area contributed by atoms with E-state index in [2.05, 4.69) is 20.5 Å². The fraction of sp³-hybridized carbons (Fsp3) is 0.370. The van der Waals surface area contributed by atoms with Crippen LogP contribution >= 0.6 is 11.6 Å². The third-order valence-electron chi connectivity index (χ3n) is 7.33. The van der Waals surface area contributed by atoms with Crippen molar-refractivity contribution in [3.05, 3.63) is 74.3 Å². The first-order valence-electron chi connectivity index (χ1n) is 13.2. The van der Waals surface area contributed by atoms with E-state index >= 15 is 0 Å². The van der Waals surface area contributed by atoms with Crippen LogP contribution in [0.5, 0.6) is 0 Å². The highest BCUT2D eigenvalue weighted by Gasteiger charge is 2.27. The molecule has 0 spiro atoms. The second-order valence-corrected chi connectivity index (χ2v) is 12.7. The number of carbonyl (C=O) groups is 1. The van der Waals surface area contributed by atoms with Crippen LogP contribution in [0.25, 0.3) is 10.9 Å². The Kier molecular flexibility index (Phi) is 7.94. The molecule has 15 heteroatoms. The highest BCUT2D eigenvalue weighted by Crippen LogP contribution is 2.32. The Morgan fingerprint density at radius 3 is 2.57 bits per heavy atom. The van der Waals surface area contributed by atoms with Gasteiger partial charge in [-0.3, -0.25) is 19.3 Å². The van der Waals surface area contributed by atoms with Crippen molar-refractivity contribution in [2.45, 2.75) is 38.6 Å². The van der Waals surface area contributed by atoms with Crippen molar-refractivity contribution >= 4 is 50.1 Å². The molecular formula is C27H30ClFN8O4S. The minimum absolute atomic E-state index is 0.00857. The van der Waals surface area contributed by atoms with Gasteiger partial charge >= 0.3 is 0 Å². The first kappa shape index (κ1) is 29.5. The van der Waals surface area contributed by atoms with Crippen molar-refractivity contribution in [1.82, 2.24) is 29.5 Å². The topological polar surface area (TPSA) is 155 Å². The van der Waals surface area contributed by atoms with Crippen LogP contribution in [0.3, 0.4) is 0 Å². The fourth-order valence-corrected chi connectivity index (χ4v) is 5.92. The zero-order valence-electron chi connectivity index (χ0n) is 23.4. The van der Waals surface area contributed by atoms with Crippen LogP contribution in [0.4, 0.5) is 16.0 Å². The van der Waals surface area contributed by atoms with Crippen molar-refractivity contribution in [2.24, 2.45) is 7.05 Å². The summed E-state index contributed by atoms with van der Waals surface area (Å²) < 4.78 is 40.9. The molecule has 0 saturated carbocycles. The van der Waals surface area contributed by atoms with Crippen LogP contribution in [0.1, 0.15) is 59.0 Å². The molecule has 0 radical (unpaired) electrons. The lowest BCUT2D eigenvalue weighted by Gasteiger charge is -2.33. The number of aromatic nitrogens is 5. The molecule has 4 aromatic rings. The summed E-state index contributed by atoms with van der Waals surface area (Å²) in [6.45, 7) is 4.85. The Labute approximate surface area is 246 Å². The second kappa shape index (κ2) is 11.3. The molecule has 4 heterocycles. The van der Waals surface area contributed by atoms with E-state index in [-0.39, 0.29) is 33.8 Å². The molecule has 1 aromatic carbocycles. The summed E-state index contributed by atoms with van der Waals surface area (Å²) in [5, 5.41) is 10.2. The number of anilines is 2. The number of hydrogen-bond donors (Lipinski definition) is 3. The third-order valence-corrected chi connectivity index (χ3v) is 8.10.